The number of anilines is 2. The molecule has 3 N–H and O–H groups in total. The van der Waals surface area contributed by atoms with Crippen molar-refractivity contribution in [2.75, 3.05) is 10.5 Å². The quantitative estimate of drug-likeness (QED) is 0.612. The second-order valence-corrected chi connectivity index (χ2v) is 7.48. The third-order valence-electron chi connectivity index (χ3n) is 3.06. The largest absolute Gasteiger partial charge is 0.438 e. The van der Waals surface area contributed by atoms with Crippen LogP contribution in [0.25, 0.3) is 0 Å². The maximum absolute atomic E-state index is 12.4. The summed E-state index contributed by atoms with van der Waals surface area (Å²) >= 11 is 3.28. The highest BCUT2D eigenvalue weighted by atomic mass is 79.9. The molecule has 0 fully saturated rings. The molecule has 128 valence electrons. The van der Waals surface area contributed by atoms with Gasteiger partial charge < -0.3 is 10.5 Å². The normalized spacial score (nSPS) is 11.1. The highest BCUT2D eigenvalue weighted by Crippen LogP contribution is 2.28. The van der Waals surface area contributed by atoms with E-state index in [-0.39, 0.29) is 16.7 Å². The Kier molecular flexibility index (Phi) is 4.86. The summed E-state index contributed by atoms with van der Waals surface area (Å²) in [4.78, 5) is 8.07. The van der Waals surface area contributed by atoms with Gasteiger partial charge in [-0.3, -0.25) is 0 Å². The molecule has 1 aromatic heterocycles. The fourth-order valence-electron chi connectivity index (χ4n) is 1.93. The molecule has 0 amide bonds. The van der Waals surface area contributed by atoms with Gasteiger partial charge in [-0.1, -0.05) is 24.3 Å². The maximum Gasteiger partial charge on any atom is 0.264 e. The smallest absolute Gasteiger partial charge is 0.264 e. The van der Waals surface area contributed by atoms with Gasteiger partial charge in [0.1, 0.15) is 5.75 Å². The van der Waals surface area contributed by atoms with Gasteiger partial charge in [-0.2, -0.15) is 4.98 Å². The van der Waals surface area contributed by atoms with Crippen LogP contribution in [0.3, 0.4) is 0 Å². The summed E-state index contributed by atoms with van der Waals surface area (Å²) in [6.45, 7) is 0. The lowest BCUT2D eigenvalue weighted by atomic mass is 10.3. The predicted octanol–water partition coefficient (Wildman–Crippen LogP) is 3.41. The van der Waals surface area contributed by atoms with Gasteiger partial charge >= 0.3 is 0 Å². The summed E-state index contributed by atoms with van der Waals surface area (Å²) in [5.74, 6) is 0.634. The molecule has 0 radical (unpaired) electrons. The zero-order valence-corrected chi connectivity index (χ0v) is 15.2. The number of para-hydroxylation sites is 1. The summed E-state index contributed by atoms with van der Waals surface area (Å²) in [7, 11) is -3.86. The van der Waals surface area contributed by atoms with Crippen LogP contribution in [0, 0.1) is 0 Å². The van der Waals surface area contributed by atoms with Gasteiger partial charge in [-0.05, 0) is 46.3 Å². The minimum absolute atomic E-state index is 0.0181. The molecule has 0 saturated carbocycles. The van der Waals surface area contributed by atoms with Gasteiger partial charge in [0, 0.05) is 5.69 Å². The first-order chi connectivity index (χ1) is 11.9. The van der Waals surface area contributed by atoms with E-state index in [0.29, 0.717) is 15.9 Å². The molecule has 0 atom stereocenters. The number of aromatic nitrogens is 2. The summed E-state index contributed by atoms with van der Waals surface area (Å²) in [5, 5.41) is 0. The van der Waals surface area contributed by atoms with E-state index in [0.717, 1.165) is 0 Å². The third kappa shape index (κ3) is 4.25. The van der Waals surface area contributed by atoms with Gasteiger partial charge in [-0.25, -0.2) is 18.1 Å². The minimum atomic E-state index is -3.86. The van der Waals surface area contributed by atoms with Crippen molar-refractivity contribution in [2.45, 2.75) is 4.90 Å². The van der Waals surface area contributed by atoms with E-state index in [9.17, 15) is 8.42 Å². The lowest BCUT2D eigenvalue weighted by Gasteiger charge is -2.10. The number of benzene rings is 2. The Morgan fingerprint density at radius 1 is 1.08 bits per heavy atom. The van der Waals surface area contributed by atoms with Crippen LogP contribution >= 0.6 is 15.9 Å². The van der Waals surface area contributed by atoms with Gasteiger partial charge in [0.2, 0.25) is 11.8 Å². The van der Waals surface area contributed by atoms with Gasteiger partial charge in [0.15, 0.2) is 0 Å². The zero-order valence-electron chi connectivity index (χ0n) is 12.8. The van der Waals surface area contributed by atoms with E-state index >= 15 is 0 Å². The molecule has 25 heavy (non-hydrogen) atoms. The molecule has 0 aliphatic heterocycles. The van der Waals surface area contributed by atoms with E-state index in [1.807, 2.05) is 18.2 Å². The molecule has 3 rings (SSSR count). The van der Waals surface area contributed by atoms with Crippen LogP contribution in [0.15, 0.2) is 70.2 Å². The predicted molar refractivity (Wildman–Crippen MR) is 97.9 cm³/mol. The zero-order chi connectivity index (χ0) is 17.9. The lowest BCUT2D eigenvalue weighted by molar-refractivity contribution is 0.459. The average molecular weight is 421 g/mol. The number of nitrogens with zero attached hydrogens (tertiary/aromatic N) is 2. The van der Waals surface area contributed by atoms with Gasteiger partial charge in [-0.15, -0.1) is 0 Å². The number of sulfonamides is 1. The Bertz CT molecular complexity index is 997. The second-order valence-electron chi connectivity index (χ2n) is 4.94. The van der Waals surface area contributed by atoms with Crippen LogP contribution in [0.5, 0.6) is 11.6 Å². The number of hydrogen-bond acceptors (Lipinski definition) is 6. The van der Waals surface area contributed by atoms with Crippen LogP contribution in [0.4, 0.5) is 11.6 Å². The first kappa shape index (κ1) is 17.2. The van der Waals surface area contributed by atoms with Gasteiger partial charge in [0.05, 0.1) is 15.6 Å². The standard InChI is InChI=1S/C16H13BrN4O3S/c17-14-10-19-16(20-15(14)24-12-6-2-1-3-7-12)21-25(22,23)13-8-4-5-11(18)9-13/h1-10H,18H2,(H,19,20,21). The number of ether oxygens (including phenoxy) is 1. The molecular formula is C16H13BrN4O3S. The fraction of sp³-hybridized carbons (Fsp3) is 0. The number of halogens is 1. The molecule has 0 aliphatic carbocycles. The number of nitrogens with two attached hydrogens (primary N) is 1. The summed E-state index contributed by atoms with van der Waals surface area (Å²) in [5.41, 5.74) is 5.97. The third-order valence-corrected chi connectivity index (χ3v) is 4.93. The Balaban J connectivity index is 1.87. The second kappa shape index (κ2) is 7.08. The molecule has 0 bridgehead atoms. The van der Waals surface area contributed by atoms with Crippen LogP contribution in [-0.4, -0.2) is 18.4 Å². The van der Waals surface area contributed by atoms with Gasteiger partial charge in [0.25, 0.3) is 10.0 Å². The van der Waals surface area contributed by atoms with Crippen molar-refractivity contribution < 1.29 is 13.2 Å². The van der Waals surface area contributed by atoms with Crippen molar-refractivity contribution in [3.63, 3.8) is 0 Å². The average Bonchev–Trinajstić information content (AvgIpc) is 2.59. The summed E-state index contributed by atoms with van der Waals surface area (Å²) < 4.78 is 33.3. The monoisotopic (exact) mass is 420 g/mol. The van der Waals surface area contributed by atoms with Crippen molar-refractivity contribution in [2.24, 2.45) is 0 Å². The van der Waals surface area contributed by atoms with Crippen molar-refractivity contribution in [3.8, 4) is 11.6 Å². The molecule has 0 saturated heterocycles. The topological polar surface area (TPSA) is 107 Å². The first-order valence-electron chi connectivity index (χ1n) is 7.08. The van der Waals surface area contributed by atoms with Crippen molar-refractivity contribution in [1.29, 1.82) is 0 Å². The van der Waals surface area contributed by atoms with E-state index in [1.54, 1.807) is 24.3 Å². The van der Waals surface area contributed by atoms with E-state index in [4.69, 9.17) is 10.5 Å². The highest BCUT2D eigenvalue weighted by Gasteiger charge is 2.17. The Morgan fingerprint density at radius 3 is 2.56 bits per heavy atom. The molecule has 3 aromatic rings. The highest BCUT2D eigenvalue weighted by molar-refractivity contribution is 9.10. The number of hydrogen-bond donors (Lipinski definition) is 2. The Hall–Kier alpha value is -2.65. The van der Waals surface area contributed by atoms with Crippen molar-refractivity contribution >= 4 is 37.6 Å². The summed E-state index contributed by atoms with van der Waals surface area (Å²) in [6.07, 6.45) is 1.41. The molecule has 2 aromatic carbocycles. The van der Waals surface area contributed by atoms with E-state index in [2.05, 4.69) is 30.6 Å². The van der Waals surface area contributed by atoms with Crippen LogP contribution in [0.2, 0.25) is 0 Å². The van der Waals surface area contributed by atoms with Crippen molar-refractivity contribution in [3.05, 3.63) is 65.3 Å². The van der Waals surface area contributed by atoms with Crippen LogP contribution in [0.1, 0.15) is 0 Å². The first-order valence-corrected chi connectivity index (χ1v) is 9.35. The number of rotatable bonds is 5. The van der Waals surface area contributed by atoms with E-state index < -0.39 is 10.0 Å². The number of nitrogens with one attached hydrogen (secondary N) is 1. The maximum atomic E-state index is 12.4. The van der Waals surface area contributed by atoms with Crippen LogP contribution in [-0.2, 0) is 10.0 Å². The Morgan fingerprint density at radius 2 is 1.84 bits per heavy atom. The molecule has 9 heteroatoms. The van der Waals surface area contributed by atoms with E-state index in [1.165, 1.54) is 18.3 Å². The summed E-state index contributed by atoms with van der Waals surface area (Å²) in [6, 6.07) is 14.9. The molecule has 0 spiro atoms. The fourth-order valence-corrected chi connectivity index (χ4v) is 3.21. The van der Waals surface area contributed by atoms with Crippen LogP contribution < -0.4 is 15.2 Å². The van der Waals surface area contributed by atoms with Crippen molar-refractivity contribution in [1.82, 2.24) is 9.97 Å². The lowest BCUT2D eigenvalue weighted by Crippen LogP contribution is -2.15. The Labute approximate surface area is 153 Å². The molecule has 1 heterocycles. The molecule has 0 unspecified atom stereocenters. The SMILES string of the molecule is Nc1cccc(S(=O)(=O)Nc2ncc(Br)c(Oc3ccccc3)n2)c1. The molecular weight excluding hydrogens is 408 g/mol. The molecule has 0 aliphatic rings. The molecule has 7 nitrogen and oxygen atoms in total. The minimum Gasteiger partial charge on any atom is -0.438 e. The number of nitrogen functional groups attached to an aromatic ring is 1.